The molecule has 0 saturated heterocycles. The number of hydrogen-bond acceptors (Lipinski definition) is 2. The third kappa shape index (κ3) is 2.53. The van der Waals surface area contributed by atoms with Gasteiger partial charge in [0.1, 0.15) is 0 Å². The average molecular weight is 294 g/mol. The highest BCUT2D eigenvalue weighted by molar-refractivity contribution is 5.99. The van der Waals surface area contributed by atoms with E-state index < -0.39 is 0 Å². The molecule has 2 unspecified atom stereocenters. The van der Waals surface area contributed by atoms with Crippen molar-refractivity contribution in [2.75, 3.05) is 25.5 Å². The van der Waals surface area contributed by atoms with Gasteiger partial charge in [0.25, 0.3) is 0 Å². The summed E-state index contributed by atoms with van der Waals surface area (Å²) in [6, 6.07) is 18.6. The fourth-order valence-electron chi connectivity index (χ4n) is 3.03. The van der Waals surface area contributed by atoms with Gasteiger partial charge in [-0.15, -0.1) is 0 Å². The monoisotopic (exact) mass is 294 g/mol. The largest absolute Gasteiger partial charge is 0.310 e. The van der Waals surface area contributed by atoms with Crippen LogP contribution in [0.5, 0.6) is 0 Å². The molecule has 114 valence electrons. The molecule has 3 heteroatoms. The summed E-state index contributed by atoms with van der Waals surface area (Å²) < 4.78 is 0. The molecular formula is C19H22N2O. The molecule has 0 N–H and O–H groups in total. The van der Waals surface area contributed by atoms with Gasteiger partial charge >= 0.3 is 0 Å². The van der Waals surface area contributed by atoms with Crippen LogP contribution in [0.2, 0.25) is 0 Å². The number of rotatable bonds is 3. The van der Waals surface area contributed by atoms with Crippen LogP contribution < -0.4 is 4.90 Å². The number of hydrogen-bond donors (Lipinski definition) is 0. The Kier molecular flexibility index (Phi) is 3.99. The molecule has 2 aromatic carbocycles. The summed E-state index contributed by atoms with van der Waals surface area (Å²) >= 11 is 0. The van der Waals surface area contributed by atoms with Crippen molar-refractivity contribution in [2.45, 2.75) is 18.9 Å². The number of anilines is 1. The molecule has 2 atom stereocenters. The van der Waals surface area contributed by atoms with E-state index in [9.17, 15) is 4.79 Å². The molecule has 22 heavy (non-hydrogen) atoms. The quantitative estimate of drug-likeness (QED) is 0.868. The van der Waals surface area contributed by atoms with E-state index >= 15 is 0 Å². The minimum Gasteiger partial charge on any atom is -0.310 e. The van der Waals surface area contributed by atoms with Crippen LogP contribution in [-0.4, -0.2) is 37.5 Å². The van der Waals surface area contributed by atoms with Crippen LogP contribution >= 0.6 is 0 Å². The van der Waals surface area contributed by atoms with Gasteiger partial charge in [-0.25, -0.2) is 0 Å². The summed E-state index contributed by atoms with van der Waals surface area (Å²) in [5.41, 5.74) is 3.56. The number of carbonyl (C=O) groups is 1. The molecule has 1 aliphatic rings. The molecule has 0 bridgehead atoms. The Bertz CT molecular complexity index is 666. The fourth-order valence-corrected chi connectivity index (χ4v) is 3.03. The van der Waals surface area contributed by atoms with Crippen LogP contribution in [0.15, 0.2) is 54.6 Å². The van der Waals surface area contributed by atoms with Crippen molar-refractivity contribution in [3.8, 4) is 0 Å². The second-order valence-electron chi connectivity index (χ2n) is 6.11. The maximum Gasteiger partial charge on any atom is 0.244 e. The van der Waals surface area contributed by atoms with Crippen LogP contribution in [0.3, 0.4) is 0 Å². The van der Waals surface area contributed by atoms with E-state index in [2.05, 4.69) is 42.5 Å². The number of para-hydroxylation sites is 1. The summed E-state index contributed by atoms with van der Waals surface area (Å²) in [7, 11) is 3.89. The zero-order valence-corrected chi connectivity index (χ0v) is 13.4. The van der Waals surface area contributed by atoms with Crippen LogP contribution in [0.1, 0.15) is 24.0 Å². The van der Waals surface area contributed by atoms with Gasteiger partial charge in [0, 0.05) is 18.2 Å². The molecular weight excluding hydrogens is 272 g/mol. The van der Waals surface area contributed by atoms with E-state index in [-0.39, 0.29) is 17.9 Å². The molecule has 3 nitrogen and oxygen atoms in total. The topological polar surface area (TPSA) is 23.6 Å². The highest BCUT2D eigenvalue weighted by Gasteiger charge is 2.35. The van der Waals surface area contributed by atoms with Crippen molar-refractivity contribution in [3.63, 3.8) is 0 Å². The summed E-state index contributed by atoms with van der Waals surface area (Å²) in [4.78, 5) is 16.7. The van der Waals surface area contributed by atoms with Gasteiger partial charge < -0.3 is 4.90 Å². The van der Waals surface area contributed by atoms with Gasteiger partial charge in [-0.2, -0.15) is 0 Å². The molecule has 1 aliphatic heterocycles. The molecule has 0 spiro atoms. The number of benzene rings is 2. The molecule has 0 aliphatic carbocycles. The van der Waals surface area contributed by atoms with Crippen molar-refractivity contribution >= 4 is 11.6 Å². The Morgan fingerprint density at radius 1 is 1.09 bits per heavy atom. The van der Waals surface area contributed by atoms with Gasteiger partial charge in [0.2, 0.25) is 5.91 Å². The Morgan fingerprint density at radius 3 is 2.41 bits per heavy atom. The first-order chi connectivity index (χ1) is 10.6. The Labute approximate surface area is 132 Å². The van der Waals surface area contributed by atoms with E-state index in [1.807, 2.05) is 43.0 Å². The zero-order valence-electron chi connectivity index (χ0n) is 13.4. The van der Waals surface area contributed by atoms with E-state index in [4.69, 9.17) is 0 Å². The van der Waals surface area contributed by atoms with Crippen molar-refractivity contribution in [1.82, 2.24) is 4.90 Å². The van der Waals surface area contributed by atoms with Crippen LogP contribution in [0.4, 0.5) is 5.69 Å². The maximum absolute atomic E-state index is 12.8. The zero-order chi connectivity index (χ0) is 15.7. The number of carbonyl (C=O) groups excluding carboxylic acids is 1. The second kappa shape index (κ2) is 5.93. The van der Waals surface area contributed by atoms with Crippen molar-refractivity contribution < 1.29 is 4.79 Å². The third-order valence-electron chi connectivity index (χ3n) is 4.57. The first-order valence-corrected chi connectivity index (χ1v) is 7.71. The Balaban J connectivity index is 1.98. The summed E-state index contributed by atoms with van der Waals surface area (Å²) in [6.45, 7) is 2.68. The Hall–Kier alpha value is -2.13. The highest BCUT2D eigenvalue weighted by atomic mass is 16.2. The van der Waals surface area contributed by atoms with E-state index in [1.54, 1.807) is 0 Å². The predicted molar refractivity (Wildman–Crippen MR) is 90.2 cm³/mol. The lowest BCUT2D eigenvalue weighted by Gasteiger charge is -2.26. The van der Waals surface area contributed by atoms with Gasteiger partial charge in [-0.1, -0.05) is 48.5 Å². The SMILES string of the molecule is CC(C(=O)N1CC(c2ccccc2)c2ccccc21)N(C)C. The molecule has 0 aromatic heterocycles. The highest BCUT2D eigenvalue weighted by Crippen LogP contribution is 2.40. The van der Waals surface area contributed by atoms with Crippen LogP contribution in [0, 0.1) is 0 Å². The molecule has 0 fully saturated rings. The second-order valence-corrected chi connectivity index (χ2v) is 6.11. The van der Waals surface area contributed by atoms with E-state index in [0.717, 1.165) is 12.2 Å². The van der Waals surface area contributed by atoms with Gasteiger partial charge in [0.05, 0.1) is 6.04 Å². The first-order valence-electron chi connectivity index (χ1n) is 7.71. The normalized spacial score (nSPS) is 18.4. The lowest BCUT2D eigenvalue weighted by atomic mass is 9.93. The predicted octanol–water partition coefficient (Wildman–Crippen LogP) is 3.12. The van der Waals surface area contributed by atoms with Crippen LogP contribution in [-0.2, 0) is 4.79 Å². The van der Waals surface area contributed by atoms with E-state index in [0.29, 0.717) is 0 Å². The lowest BCUT2D eigenvalue weighted by Crippen LogP contribution is -2.44. The molecule has 2 aromatic rings. The fraction of sp³-hybridized carbons (Fsp3) is 0.316. The summed E-state index contributed by atoms with van der Waals surface area (Å²) in [5.74, 6) is 0.423. The van der Waals surface area contributed by atoms with Gasteiger partial charge in [0.15, 0.2) is 0 Å². The van der Waals surface area contributed by atoms with E-state index in [1.165, 1.54) is 11.1 Å². The standard InChI is InChI=1S/C19H22N2O/c1-14(20(2)3)19(22)21-13-17(15-9-5-4-6-10-15)16-11-7-8-12-18(16)21/h4-12,14,17H,13H2,1-3H3. The van der Waals surface area contributed by atoms with Crippen molar-refractivity contribution in [2.24, 2.45) is 0 Å². The lowest BCUT2D eigenvalue weighted by molar-refractivity contribution is -0.122. The van der Waals surface area contributed by atoms with Crippen molar-refractivity contribution in [1.29, 1.82) is 0 Å². The summed E-state index contributed by atoms with van der Waals surface area (Å²) in [6.07, 6.45) is 0. The minimum absolute atomic E-state index is 0.123. The number of fused-ring (bicyclic) bond motifs is 1. The molecule has 0 radical (unpaired) electrons. The summed E-state index contributed by atoms with van der Waals surface area (Å²) in [5, 5.41) is 0. The molecule has 0 saturated carbocycles. The van der Waals surface area contributed by atoms with Crippen LogP contribution in [0.25, 0.3) is 0 Å². The number of amides is 1. The maximum atomic E-state index is 12.8. The first kappa shape index (κ1) is 14.8. The van der Waals surface area contributed by atoms with Gasteiger partial charge in [-0.3, -0.25) is 9.69 Å². The van der Waals surface area contributed by atoms with Crippen molar-refractivity contribution in [3.05, 3.63) is 65.7 Å². The third-order valence-corrected chi connectivity index (χ3v) is 4.57. The molecule has 3 rings (SSSR count). The smallest absolute Gasteiger partial charge is 0.244 e. The molecule has 1 amide bonds. The number of nitrogens with zero attached hydrogens (tertiary/aromatic N) is 2. The minimum atomic E-state index is -0.123. The molecule has 1 heterocycles. The Morgan fingerprint density at radius 2 is 1.73 bits per heavy atom. The van der Waals surface area contributed by atoms with Gasteiger partial charge in [-0.05, 0) is 38.2 Å². The average Bonchev–Trinajstić information content (AvgIpc) is 2.94. The number of likely N-dealkylation sites (N-methyl/N-ethyl adjacent to an activating group) is 1.